The van der Waals surface area contributed by atoms with E-state index in [-0.39, 0.29) is 32.7 Å². The van der Waals surface area contributed by atoms with Crippen molar-refractivity contribution in [3.8, 4) is 0 Å². The third-order valence-electron chi connectivity index (χ3n) is 0.962. The number of halogens is 1. The molecule has 1 aromatic rings. The Morgan fingerprint density at radius 2 is 2.30 bits per heavy atom. The minimum absolute atomic E-state index is 0. The molecule has 0 aliphatic rings. The first-order chi connectivity index (χ1) is 4.34. The van der Waals surface area contributed by atoms with Gasteiger partial charge in [0.25, 0.3) is 0 Å². The SMILES string of the molecule is O=Cc1ccc[c-]c1Br.[Y]. The zero-order valence-corrected chi connectivity index (χ0v) is 9.60. The summed E-state index contributed by atoms with van der Waals surface area (Å²) in [6, 6.07) is 8.09. The van der Waals surface area contributed by atoms with E-state index in [2.05, 4.69) is 22.0 Å². The summed E-state index contributed by atoms with van der Waals surface area (Å²) in [5.74, 6) is 0. The Bertz CT molecular complexity index is 225. The maximum Gasteiger partial charge on any atom is 0.0961 e. The molecular formula is C7H4BrOY-. The van der Waals surface area contributed by atoms with E-state index in [1.54, 1.807) is 18.2 Å². The average molecular weight is 273 g/mol. The van der Waals surface area contributed by atoms with Crippen LogP contribution in [0, 0.1) is 6.07 Å². The Labute approximate surface area is 93.2 Å². The van der Waals surface area contributed by atoms with Crippen LogP contribution in [-0.2, 0) is 32.7 Å². The molecule has 0 spiro atoms. The molecule has 1 nitrogen and oxygen atoms in total. The normalized spacial score (nSPS) is 8.10. The summed E-state index contributed by atoms with van der Waals surface area (Å²) in [7, 11) is 0. The van der Waals surface area contributed by atoms with Gasteiger partial charge in [-0.3, -0.25) is 0 Å². The second-order valence-electron chi connectivity index (χ2n) is 1.56. The zero-order valence-electron chi connectivity index (χ0n) is 5.17. The van der Waals surface area contributed by atoms with E-state index >= 15 is 0 Å². The number of carbonyl (C=O) groups is 1. The summed E-state index contributed by atoms with van der Waals surface area (Å²) in [5.41, 5.74) is 0.637. The Balaban J connectivity index is 0.000000810. The number of hydrogen-bond acceptors (Lipinski definition) is 1. The molecule has 0 bridgehead atoms. The van der Waals surface area contributed by atoms with Gasteiger partial charge in [0.05, 0.1) is 6.29 Å². The summed E-state index contributed by atoms with van der Waals surface area (Å²) in [6.45, 7) is 0. The van der Waals surface area contributed by atoms with E-state index in [0.29, 0.717) is 5.56 Å². The fourth-order valence-electron chi connectivity index (χ4n) is 0.521. The van der Waals surface area contributed by atoms with Crippen LogP contribution in [0.15, 0.2) is 22.7 Å². The van der Waals surface area contributed by atoms with Crippen molar-refractivity contribution in [3.05, 3.63) is 34.3 Å². The van der Waals surface area contributed by atoms with Gasteiger partial charge in [0.1, 0.15) is 0 Å². The van der Waals surface area contributed by atoms with E-state index in [1.807, 2.05) is 0 Å². The van der Waals surface area contributed by atoms with Crippen LogP contribution in [0.2, 0.25) is 0 Å². The van der Waals surface area contributed by atoms with Crippen molar-refractivity contribution >= 4 is 22.2 Å². The molecule has 0 atom stereocenters. The second-order valence-corrected chi connectivity index (χ2v) is 2.35. The summed E-state index contributed by atoms with van der Waals surface area (Å²) in [4.78, 5) is 10.2. The molecule has 1 rings (SSSR count). The first-order valence-corrected chi connectivity index (χ1v) is 3.25. The average Bonchev–Trinajstić information content (AvgIpc) is 1.89. The van der Waals surface area contributed by atoms with Crippen LogP contribution in [0.1, 0.15) is 10.4 Å². The number of benzene rings is 1. The van der Waals surface area contributed by atoms with Crippen molar-refractivity contribution in [1.82, 2.24) is 0 Å². The van der Waals surface area contributed by atoms with Crippen molar-refractivity contribution in [3.63, 3.8) is 0 Å². The fourth-order valence-corrected chi connectivity index (χ4v) is 0.878. The molecule has 0 aliphatic carbocycles. The molecule has 0 aliphatic heterocycles. The van der Waals surface area contributed by atoms with Gasteiger partial charge in [0.15, 0.2) is 0 Å². The maximum atomic E-state index is 10.2. The van der Waals surface area contributed by atoms with E-state index in [9.17, 15) is 4.79 Å². The molecule has 0 amide bonds. The maximum absolute atomic E-state index is 10.2. The molecule has 1 radical (unpaired) electrons. The molecule has 0 heterocycles. The van der Waals surface area contributed by atoms with Crippen LogP contribution in [0.3, 0.4) is 0 Å². The van der Waals surface area contributed by atoms with Gasteiger partial charge in [0.2, 0.25) is 0 Å². The molecule has 0 fully saturated rings. The molecule has 0 N–H and O–H groups in total. The number of aldehydes is 1. The van der Waals surface area contributed by atoms with Crippen LogP contribution < -0.4 is 0 Å². The third kappa shape index (κ3) is 2.61. The van der Waals surface area contributed by atoms with Crippen LogP contribution in [0.4, 0.5) is 0 Å². The second kappa shape index (κ2) is 5.17. The minimum atomic E-state index is 0. The van der Waals surface area contributed by atoms with E-state index < -0.39 is 0 Å². The Hall–Kier alpha value is 0.474. The van der Waals surface area contributed by atoms with Gasteiger partial charge in [-0.15, -0.1) is 0 Å². The van der Waals surface area contributed by atoms with Gasteiger partial charge < -0.3 is 4.79 Å². The van der Waals surface area contributed by atoms with Gasteiger partial charge >= 0.3 is 0 Å². The van der Waals surface area contributed by atoms with Gasteiger partial charge in [-0.05, 0) is 0 Å². The number of rotatable bonds is 1. The Morgan fingerprint density at radius 3 is 2.70 bits per heavy atom. The van der Waals surface area contributed by atoms with Crippen molar-refractivity contribution < 1.29 is 37.5 Å². The molecule has 0 unspecified atom stereocenters. The van der Waals surface area contributed by atoms with Gasteiger partial charge in [-0.1, -0.05) is 26.0 Å². The largest absolute Gasteiger partial charge is 0.312 e. The smallest absolute Gasteiger partial charge is 0.0961 e. The van der Waals surface area contributed by atoms with Crippen LogP contribution >= 0.6 is 15.9 Å². The molecule has 3 heteroatoms. The summed E-state index contributed by atoms with van der Waals surface area (Å²) in [6.07, 6.45) is 0.792. The van der Waals surface area contributed by atoms with Crippen LogP contribution in [0.5, 0.6) is 0 Å². The Kier molecular flexibility index (Phi) is 5.41. The van der Waals surface area contributed by atoms with Gasteiger partial charge in [-0.25, -0.2) is 0 Å². The van der Waals surface area contributed by atoms with Crippen LogP contribution in [0.25, 0.3) is 0 Å². The molecular weight excluding hydrogens is 269 g/mol. The van der Waals surface area contributed by atoms with Crippen LogP contribution in [-0.4, -0.2) is 6.29 Å². The first kappa shape index (κ1) is 10.5. The molecule has 0 aromatic heterocycles. The summed E-state index contributed by atoms with van der Waals surface area (Å²) in [5, 5.41) is 0. The summed E-state index contributed by atoms with van der Waals surface area (Å²) < 4.78 is 0.722. The number of carbonyl (C=O) groups excluding carboxylic acids is 1. The topological polar surface area (TPSA) is 17.1 Å². The van der Waals surface area contributed by atoms with Gasteiger partial charge in [-0.2, -0.15) is 24.3 Å². The van der Waals surface area contributed by atoms with Crippen molar-refractivity contribution in [2.75, 3.05) is 0 Å². The monoisotopic (exact) mass is 272 g/mol. The first-order valence-electron chi connectivity index (χ1n) is 2.46. The zero-order chi connectivity index (χ0) is 6.69. The van der Waals surface area contributed by atoms with Crippen molar-refractivity contribution in [2.45, 2.75) is 0 Å². The van der Waals surface area contributed by atoms with E-state index in [4.69, 9.17) is 0 Å². The fraction of sp³-hybridized carbons (Fsp3) is 0. The number of hydrogen-bond donors (Lipinski definition) is 0. The quantitative estimate of drug-likeness (QED) is 0.565. The van der Waals surface area contributed by atoms with Gasteiger partial charge in [0, 0.05) is 32.7 Å². The molecule has 0 saturated carbocycles. The summed E-state index contributed by atoms with van der Waals surface area (Å²) >= 11 is 3.17. The Morgan fingerprint density at radius 1 is 1.60 bits per heavy atom. The molecule has 10 heavy (non-hydrogen) atoms. The van der Waals surface area contributed by atoms with Crippen molar-refractivity contribution in [1.29, 1.82) is 0 Å². The standard InChI is InChI=1S/C7H4BrO.Y/c8-7-4-2-1-3-6(7)5-9;/h1-3,5H;/q-1;. The molecule has 1 aromatic carbocycles. The van der Waals surface area contributed by atoms with E-state index in [0.717, 1.165) is 10.8 Å². The van der Waals surface area contributed by atoms with Crippen molar-refractivity contribution in [2.24, 2.45) is 0 Å². The molecule has 0 saturated heterocycles. The predicted molar refractivity (Wildman–Crippen MR) is 38.4 cm³/mol. The third-order valence-corrected chi connectivity index (χ3v) is 1.65. The van der Waals surface area contributed by atoms with E-state index in [1.165, 1.54) is 0 Å². The molecule has 49 valence electrons. The minimum Gasteiger partial charge on any atom is -0.312 e. The predicted octanol–water partition coefficient (Wildman–Crippen LogP) is 2.06.